The van der Waals surface area contributed by atoms with Gasteiger partial charge in [0, 0.05) is 5.56 Å². The fourth-order valence-corrected chi connectivity index (χ4v) is 2.53. The zero-order valence-electron chi connectivity index (χ0n) is 11.6. The van der Waals surface area contributed by atoms with Crippen molar-refractivity contribution >= 4 is 32.5 Å². The van der Waals surface area contributed by atoms with E-state index in [-0.39, 0.29) is 6.61 Å². The maximum atomic E-state index is 11.3. The fraction of sp³-hybridized carbons (Fsp3) is 0.143. The lowest BCUT2D eigenvalue weighted by molar-refractivity contribution is -0.182. The zero-order chi connectivity index (χ0) is 15.6. The van der Waals surface area contributed by atoms with Gasteiger partial charge >= 0.3 is 10.4 Å². The summed E-state index contributed by atoms with van der Waals surface area (Å²) in [5.41, 5.74) is 3.31. The maximum Gasteiger partial charge on any atom is 0.426 e. The van der Waals surface area contributed by atoms with Gasteiger partial charge in [-0.2, -0.15) is 8.42 Å². The SMILES string of the molecule is COOS(=O)(=O)OCc1cccc2nc3ccccc3nc12. The van der Waals surface area contributed by atoms with E-state index in [0.717, 1.165) is 18.1 Å². The molecule has 0 aliphatic rings. The topological polar surface area (TPSA) is 87.6 Å². The summed E-state index contributed by atoms with van der Waals surface area (Å²) in [5.74, 6) is 0. The number of para-hydroxylation sites is 3. The quantitative estimate of drug-likeness (QED) is 0.404. The molecule has 1 aromatic heterocycles. The average Bonchev–Trinajstić information content (AvgIpc) is 2.51. The molecule has 3 aromatic rings. The van der Waals surface area contributed by atoms with Crippen molar-refractivity contribution < 1.29 is 21.8 Å². The molecule has 0 saturated carbocycles. The van der Waals surface area contributed by atoms with Crippen LogP contribution in [0, 0.1) is 0 Å². The minimum atomic E-state index is -4.21. The first-order valence-corrected chi connectivity index (χ1v) is 7.68. The zero-order valence-corrected chi connectivity index (χ0v) is 12.4. The van der Waals surface area contributed by atoms with Crippen molar-refractivity contribution in [1.29, 1.82) is 0 Å². The van der Waals surface area contributed by atoms with E-state index in [9.17, 15) is 8.42 Å². The number of fused-ring (bicyclic) bond motifs is 2. The lowest BCUT2D eigenvalue weighted by Gasteiger charge is -2.07. The molecule has 0 spiro atoms. The minimum Gasteiger partial charge on any atom is -0.244 e. The summed E-state index contributed by atoms with van der Waals surface area (Å²) in [7, 11) is -3.13. The first-order chi connectivity index (χ1) is 10.6. The Morgan fingerprint density at radius 2 is 1.64 bits per heavy atom. The maximum absolute atomic E-state index is 11.3. The molecule has 0 bridgehead atoms. The van der Waals surface area contributed by atoms with Crippen LogP contribution in [-0.2, 0) is 30.4 Å². The van der Waals surface area contributed by atoms with Crippen molar-refractivity contribution in [2.45, 2.75) is 6.61 Å². The normalized spacial score (nSPS) is 12.0. The van der Waals surface area contributed by atoms with Crippen LogP contribution >= 0.6 is 0 Å². The van der Waals surface area contributed by atoms with Gasteiger partial charge in [0.05, 0.1) is 35.8 Å². The second-order valence-electron chi connectivity index (χ2n) is 4.40. The molecule has 3 rings (SSSR count). The van der Waals surface area contributed by atoms with Crippen LogP contribution in [0.3, 0.4) is 0 Å². The second kappa shape index (κ2) is 5.93. The van der Waals surface area contributed by atoms with Crippen LogP contribution < -0.4 is 0 Å². The summed E-state index contributed by atoms with van der Waals surface area (Å²) in [6, 6.07) is 12.7. The predicted molar refractivity (Wildman–Crippen MR) is 78.8 cm³/mol. The highest BCUT2D eigenvalue weighted by atomic mass is 32.3. The van der Waals surface area contributed by atoms with Gasteiger partial charge < -0.3 is 0 Å². The molecule has 0 unspecified atom stereocenters. The molecule has 0 aliphatic heterocycles. The Balaban J connectivity index is 2.01. The Bertz CT molecular complexity index is 927. The van der Waals surface area contributed by atoms with E-state index in [1.807, 2.05) is 24.3 Å². The number of benzene rings is 2. The van der Waals surface area contributed by atoms with Crippen molar-refractivity contribution in [2.24, 2.45) is 0 Å². The van der Waals surface area contributed by atoms with E-state index in [0.29, 0.717) is 16.6 Å². The Labute approximate surface area is 126 Å². The Morgan fingerprint density at radius 1 is 0.955 bits per heavy atom. The molecule has 8 heteroatoms. The molecule has 0 saturated heterocycles. The molecule has 0 amide bonds. The molecule has 1 heterocycles. The standard InChI is InChI=1S/C14H12N2O5S/c1-19-21-22(17,18)20-9-10-5-4-8-13-14(10)16-12-7-3-2-6-11(12)15-13/h2-8H,9H2,1H3. The van der Waals surface area contributed by atoms with Crippen molar-refractivity contribution in [3.05, 3.63) is 48.0 Å². The highest BCUT2D eigenvalue weighted by Gasteiger charge is 2.14. The number of aromatic nitrogens is 2. The van der Waals surface area contributed by atoms with Gasteiger partial charge in [0.25, 0.3) is 0 Å². The van der Waals surface area contributed by atoms with Crippen LogP contribution in [0.4, 0.5) is 0 Å². The van der Waals surface area contributed by atoms with E-state index in [4.69, 9.17) is 4.18 Å². The van der Waals surface area contributed by atoms with Gasteiger partial charge in [-0.05, 0) is 18.2 Å². The molecule has 114 valence electrons. The molecule has 0 radical (unpaired) electrons. The molecule has 22 heavy (non-hydrogen) atoms. The van der Waals surface area contributed by atoms with Gasteiger partial charge in [0.15, 0.2) is 0 Å². The van der Waals surface area contributed by atoms with Gasteiger partial charge in [0.1, 0.15) is 0 Å². The fourth-order valence-electron chi connectivity index (χ4n) is 2.06. The van der Waals surface area contributed by atoms with Crippen molar-refractivity contribution in [3.63, 3.8) is 0 Å². The molecular weight excluding hydrogens is 308 g/mol. The van der Waals surface area contributed by atoms with Gasteiger partial charge in [-0.3, -0.25) is 0 Å². The number of rotatable bonds is 5. The van der Waals surface area contributed by atoms with E-state index in [1.54, 1.807) is 18.2 Å². The summed E-state index contributed by atoms with van der Waals surface area (Å²) < 4.78 is 31.5. The van der Waals surface area contributed by atoms with Crippen molar-refractivity contribution in [1.82, 2.24) is 9.97 Å². The summed E-state index contributed by atoms with van der Waals surface area (Å²) in [4.78, 5) is 13.1. The largest absolute Gasteiger partial charge is 0.426 e. The third-order valence-electron chi connectivity index (χ3n) is 2.96. The lowest BCUT2D eigenvalue weighted by atomic mass is 10.1. The smallest absolute Gasteiger partial charge is 0.244 e. The first kappa shape index (κ1) is 14.8. The molecular formula is C14H12N2O5S. The molecule has 7 nitrogen and oxygen atoms in total. The highest BCUT2D eigenvalue weighted by Crippen LogP contribution is 2.20. The second-order valence-corrected chi connectivity index (χ2v) is 5.59. The van der Waals surface area contributed by atoms with E-state index in [1.165, 1.54) is 0 Å². The van der Waals surface area contributed by atoms with Gasteiger partial charge in [-0.1, -0.05) is 28.6 Å². The number of hydrogen-bond donors (Lipinski definition) is 0. The van der Waals surface area contributed by atoms with Crippen LogP contribution in [0.5, 0.6) is 0 Å². The lowest BCUT2D eigenvalue weighted by Crippen LogP contribution is -2.09. The monoisotopic (exact) mass is 320 g/mol. The summed E-state index contributed by atoms with van der Waals surface area (Å²) in [5, 5.41) is 0. The summed E-state index contributed by atoms with van der Waals surface area (Å²) in [6.07, 6.45) is 0. The molecule has 0 fully saturated rings. The Morgan fingerprint density at radius 3 is 2.36 bits per heavy atom. The van der Waals surface area contributed by atoms with Gasteiger partial charge in [-0.25, -0.2) is 19.0 Å². The molecule has 0 atom stereocenters. The van der Waals surface area contributed by atoms with E-state index >= 15 is 0 Å². The molecule has 0 aliphatic carbocycles. The van der Waals surface area contributed by atoms with Crippen molar-refractivity contribution in [2.75, 3.05) is 7.11 Å². The van der Waals surface area contributed by atoms with Crippen LogP contribution in [0.15, 0.2) is 42.5 Å². The van der Waals surface area contributed by atoms with Gasteiger partial charge in [-0.15, -0.1) is 0 Å². The third kappa shape index (κ3) is 3.04. The van der Waals surface area contributed by atoms with Crippen molar-refractivity contribution in [3.8, 4) is 0 Å². The number of nitrogens with zero attached hydrogens (tertiary/aromatic N) is 2. The molecule has 2 aromatic carbocycles. The van der Waals surface area contributed by atoms with Crippen LogP contribution in [0.1, 0.15) is 5.56 Å². The van der Waals surface area contributed by atoms with Gasteiger partial charge in [0.2, 0.25) is 0 Å². The first-order valence-electron chi connectivity index (χ1n) is 6.35. The van der Waals surface area contributed by atoms with E-state index < -0.39 is 10.4 Å². The summed E-state index contributed by atoms with van der Waals surface area (Å²) in [6.45, 7) is -0.226. The predicted octanol–water partition coefficient (Wildman–Crippen LogP) is 2.12. The third-order valence-corrected chi connectivity index (χ3v) is 3.67. The van der Waals surface area contributed by atoms with Crippen LogP contribution in [0.2, 0.25) is 0 Å². The highest BCUT2D eigenvalue weighted by molar-refractivity contribution is 7.81. The molecule has 0 N–H and O–H groups in total. The Kier molecular flexibility index (Phi) is 3.99. The average molecular weight is 320 g/mol. The van der Waals surface area contributed by atoms with Crippen LogP contribution in [0.25, 0.3) is 22.1 Å². The van der Waals surface area contributed by atoms with Crippen LogP contribution in [-0.4, -0.2) is 25.5 Å². The number of hydrogen-bond acceptors (Lipinski definition) is 7. The Hall–Kier alpha value is -2.13. The summed E-state index contributed by atoms with van der Waals surface area (Å²) >= 11 is 0. The van der Waals surface area contributed by atoms with E-state index in [2.05, 4.69) is 19.2 Å². The minimum absolute atomic E-state index is 0.226.